The molecule has 3 atom stereocenters. The Kier molecular flexibility index (Phi) is 5.05. The van der Waals surface area contributed by atoms with E-state index in [1.807, 2.05) is 0 Å². The molecule has 0 aromatic rings. The zero-order valence-electron chi connectivity index (χ0n) is 12.4. The summed E-state index contributed by atoms with van der Waals surface area (Å²) in [5.74, 6) is 7.42. The standard InChI is InChI=1S/C15H31N3/c1-11(2)5-4-6-15(17-16)12-9-13-7-8-14(10-12)18(13)3/h11-15,17H,4-10,16H2,1-3H3. The third kappa shape index (κ3) is 3.25. The van der Waals surface area contributed by atoms with E-state index in [2.05, 4.69) is 31.2 Å². The van der Waals surface area contributed by atoms with E-state index in [-0.39, 0.29) is 0 Å². The minimum atomic E-state index is 0.542. The fourth-order valence-electron chi connectivity index (χ4n) is 3.98. The van der Waals surface area contributed by atoms with Gasteiger partial charge in [-0.1, -0.05) is 26.7 Å². The van der Waals surface area contributed by atoms with Gasteiger partial charge in [0.2, 0.25) is 0 Å². The quantitative estimate of drug-likeness (QED) is 0.564. The molecule has 3 N–H and O–H groups in total. The van der Waals surface area contributed by atoms with Crippen LogP contribution in [0.1, 0.15) is 58.8 Å². The van der Waals surface area contributed by atoms with Crippen LogP contribution in [0.2, 0.25) is 0 Å². The van der Waals surface area contributed by atoms with Gasteiger partial charge in [0, 0.05) is 18.1 Å². The first-order valence-corrected chi connectivity index (χ1v) is 7.79. The van der Waals surface area contributed by atoms with Crippen LogP contribution in [0.3, 0.4) is 0 Å². The summed E-state index contributed by atoms with van der Waals surface area (Å²) in [5, 5.41) is 0. The molecule has 3 unspecified atom stereocenters. The summed E-state index contributed by atoms with van der Waals surface area (Å²) in [5.41, 5.74) is 3.11. The molecule has 2 rings (SSSR count). The summed E-state index contributed by atoms with van der Waals surface area (Å²) in [6.07, 6.45) is 9.41. The van der Waals surface area contributed by atoms with Gasteiger partial charge >= 0.3 is 0 Å². The van der Waals surface area contributed by atoms with Gasteiger partial charge in [-0.2, -0.15) is 0 Å². The second-order valence-corrected chi connectivity index (χ2v) is 6.88. The molecule has 3 heteroatoms. The van der Waals surface area contributed by atoms with Gasteiger partial charge in [0.25, 0.3) is 0 Å². The molecular weight excluding hydrogens is 222 g/mol. The maximum atomic E-state index is 5.80. The lowest BCUT2D eigenvalue weighted by atomic mass is 9.83. The summed E-state index contributed by atoms with van der Waals surface area (Å²) >= 11 is 0. The Balaban J connectivity index is 1.82. The van der Waals surface area contributed by atoms with E-state index in [0.29, 0.717) is 6.04 Å². The van der Waals surface area contributed by atoms with Crippen molar-refractivity contribution in [3.8, 4) is 0 Å². The monoisotopic (exact) mass is 253 g/mol. The highest BCUT2D eigenvalue weighted by Crippen LogP contribution is 2.39. The molecule has 0 spiro atoms. The summed E-state index contributed by atoms with van der Waals surface area (Å²) in [6.45, 7) is 4.61. The number of nitrogens with one attached hydrogen (secondary N) is 1. The van der Waals surface area contributed by atoms with Crippen molar-refractivity contribution in [3.63, 3.8) is 0 Å². The highest BCUT2D eigenvalue weighted by atomic mass is 15.2. The van der Waals surface area contributed by atoms with E-state index < -0.39 is 0 Å². The van der Waals surface area contributed by atoms with Crippen molar-refractivity contribution in [3.05, 3.63) is 0 Å². The van der Waals surface area contributed by atoms with Gasteiger partial charge in [-0.25, -0.2) is 0 Å². The number of piperidine rings is 1. The van der Waals surface area contributed by atoms with Gasteiger partial charge in [-0.05, 0) is 51.0 Å². The topological polar surface area (TPSA) is 41.3 Å². The average molecular weight is 253 g/mol. The Morgan fingerprint density at radius 2 is 1.78 bits per heavy atom. The van der Waals surface area contributed by atoms with Crippen molar-refractivity contribution in [1.82, 2.24) is 10.3 Å². The van der Waals surface area contributed by atoms with Crippen molar-refractivity contribution >= 4 is 0 Å². The fraction of sp³-hybridized carbons (Fsp3) is 1.00. The molecule has 0 aromatic carbocycles. The predicted molar refractivity (Wildman–Crippen MR) is 77.1 cm³/mol. The number of nitrogens with zero attached hydrogens (tertiary/aromatic N) is 1. The summed E-state index contributed by atoms with van der Waals surface area (Å²) in [6, 6.07) is 2.20. The van der Waals surface area contributed by atoms with E-state index >= 15 is 0 Å². The van der Waals surface area contributed by atoms with Crippen LogP contribution in [0.25, 0.3) is 0 Å². The van der Waals surface area contributed by atoms with Crippen molar-refractivity contribution in [2.24, 2.45) is 17.7 Å². The fourth-order valence-corrected chi connectivity index (χ4v) is 3.98. The molecule has 2 aliphatic rings. The Bertz CT molecular complexity index is 240. The van der Waals surface area contributed by atoms with E-state index in [1.165, 1.54) is 44.9 Å². The first-order chi connectivity index (χ1) is 8.61. The van der Waals surface area contributed by atoms with Gasteiger partial charge in [0.1, 0.15) is 0 Å². The Labute approximate surface area is 112 Å². The molecule has 2 saturated heterocycles. The minimum absolute atomic E-state index is 0.542. The first-order valence-electron chi connectivity index (χ1n) is 7.79. The highest BCUT2D eigenvalue weighted by molar-refractivity contribution is 4.96. The third-order valence-electron chi connectivity index (χ3n) is 5.21. The molecule has 0 radical (unpaired) electrons. The molecule has 0 saturated carbocycles. The lowest BCUT2D eigenvalue weighted by molar-refractivity contribution is 0.109. The largest absolute Gasteiger partial charge is 0.300 e. The van der Waals surface area contributed by atoms with Crippen molar-refractivity contribution in [2.45, 2.75) is 76.9 Å². The van der Waals surface area contributed by atoms with Gasteiger partial charge in [-0.15, -0.1) is 0 Å². The molecular formula is C15H31N3. The summed E-state index contributed by atoms with van der Waals surface area (Å²) < 4.78 is 0. The van der Waals surface area contributed by atoms with Crippen LogP contribution < -0.4 is 11.3 Å². The highest BCUT2D eigenvalue weighted by Gasteiger charge is 2.40. The molecule has 0 aromatic heterocycles. The van der Waals surface area contributed by atoms with Crippen LogP contribution in [0.15, 0.2) is 0 Å². The zero-order valence-corrected chi connectivity index (χ0v) is 12.4. The molecule has 2 aliphatic heterocycles. The van der Waals surface area contributed by atoms with Crippen molar-refractivity contribution in [2.75, 3.05) is 7.05 Å². The van der Waals surface area contributed by atoms with Gasteiger partial charge in [0.05, 0.1) is 0 Å². The van der Waals surface area contributed by atoms with E-state index in [0.717, 1.165) is 23.9 Å². The van der Waals surface area contributed by atoms with Crippen molar-refractivity contribution < 1.29 is 0 Å². The number of nitrogens with two attached hydrogens (primary N) is 1. The minimum Gasteiger partial charge on any atom is -0.300 e. The smallest absolute Gasteiger partial charge is 0.0239 e. The summed E-state index contributed by atoms with van der Waals surface area (Å²) in [7, 11) is 2.31. The molecule has 106 valence electrons. The third-order valence-corrected chi connectivity index (χ3v) is 5.21. The van der Waals surface area contributed by atoms with Crippen LogP contribution >= 0.6 is 0 Å². The lowest BCUT2D eigenvalue weighted by Crippen LogP contribution is -2.48. The number of hydrazine groups is 1. The van der Waals surface area contributed by atoms with E-state index in [1.54, 1.807) is 0 Å². The molecule has 0 aliphatic carbocycles. The Morgan fingerprint density at radius 3 is 2.28 bits per heavy atom. The maximum Gasteiger partial charge on any atom is 0.0239 e. The predicted octanol–water partition coefficient (Wildman–Crippen LogP) is 2.52. The van der Waals surface area contributed by atoms with Crippen LogP contribution in [-0.2, 0) is 0 Å². The number of fused-ring (bicyclic) bond motifs is 2. The van der Waals surface area contributed by atoms with E-state index in [4.69, 9.17) is 5.84 Å². The van der Waals surface area contributed by atoms with Gasteiger partial charge in [0.15, 0.2) is 0 Å². The van der Waals surface area contributed by atoms with Gasteiger partial charge in [-0.3, -0.25) is 11.3 Å². The SMILES string of the molecule is CC(C)CCCC(NN)C1CC2CCC(C1)N2C. The molecule has 0 amide bonds. The van der Waals surface area contributed by atoms with Crippen molar-refractivity contribution in [1.29, 1.82) is 0 Å². The molecule has 18 heavy (non-hydrogen) atoms. The summed E-state index contributed by atoms with van der Waals surface area (Å²) in [4.78, 5) is 2.61. The average Bonchev–Trinajstić information content (AvgIpc) is 2.56. The zero-order chi connectivity index (χ0) is 13.1. The second kappa shape index (κ2) is 6.36. The molecule has 2 heterocycles. The number of rotatable bonds is 6. The number of hydrogen-bond donors (Lipinski definition) is 2. The maximum absolute atomic E-state index is 5.80. The number of hydrogen-bond acceptors (Lipinski definition) is 3. The molecule has 2 fully saturated rings. The molecule has 3 nitrogen and oxygen atoms in total. The Morgan fingerprint density at radius 1 is 1.17 bits per heavy atom. The van der Waals surface area contributed by atoms with E-state index in [9.17, 15) is 0 Å². The normalized spacial score (nSPS) is 34.2. The van der Waals surface area contributed by atoms with Crippen LogP contribution in [0.5, 0.6) is 0 Å². The molecule has 2 bridgehead atoms. The lowest BCUT2D eigenvalue weighted by Gasteiger charge is -2.39. The Hall–Kier alpha value is -0.120. The second-order valence-electron chi connectivity index (χ2n) is 6.88. The van der Waals surface area contributed by atoms with Crippen LogP contribution in [0.4, 0.5) is 0 Å². The first kappa shape index (κ1) is 14.3. The van der Waals surface area contributed by atoms with Crippen LogP contribution in [-0.4, -0.2) is 30.1 Å². The van der Waals surface area contributed by atoms with Crippen LogP contribution in [0, 0.1) is 11.8 Å². The van der Waals surface area contributed by atoms with Gasteiger partial charge < -0.3 is 4.90 Å².